The van der Waals surface area contributed by atoms with Crippen molar-refractivity contribution in [3.05, 3.63) is 0 Å². The average Bonchev–Trinajstić information content (AvgIpc) is 1.90. The predicted octanol–water partition coefficient (Wildman–Crippen LogP) is -1.17. The molecule has 0 bridgehead atoms. The minimum atomic E-state index is 1.07. The first-order valence-corrected chi connectivity index (χ1v) is 2.57. The minimum Gasteiger partial charge on any atom is -0.146 e. The van der Waals surface area contributed by atoms with E-state index in [-0.39, 0.29) is 0 Å². The summed E-state index contributed by atoms with van der Waals surface area (Å²) < 4.78 is 0. The number of nitrogens with one attached hydrogen (secondary N) is 1. The van der Waals surface area contributed by atoms with Crippen LogP contribution in [0.1, 0.15) is 12.8 Å². The minimum absolute atomic E-state index is 1.07. The lowest BCUT2D eigenvalue weighted by Gasteiger charge is -1.87. The summed E-state index contributed by atoms with van der Waals surface area (Å²) in [4.78, 5) is 0. The summed E-state index contributed by atoms with van der Waals surface area (Å²) >= 11 is 0. The lowest BCUT2D eigenvalue weighted by Crippen LogP contribution is -2.87. The Hall–Kier alpha value is -0.410. The van der Waals surface area contributed by atoms with Crippen LogP contribution in [0.25, 0.3) is 0 Å². The molecule has 3 heteroatoms. The van der Waals surface area contributed by atoms with Gasteiger partial charge in [-0.15, -0.1) is 11.0 Å². The quantitative estimate of drug-likeness (QED) is 0.370. The van der Waals surface area contributed by atoms with Crippen molar-refractivity contribution in [2.45, 2.75) is 12.8 Å². The fourth-order valence-electron chi connectivity index (χ4n) is 0.540. The summed E-state index contributed by atoms with van der Waals surface area (Å²) in [7, 11) is 0. The van der Waals surface area contributed by atoms with E-state index in [4.69, 9.17) is 0 Å². The van der Waals surface area contributed by atoms with Crippen molar-refractivity contribution in [3.63, 3.8) is 0 Å². The topological polar surface area (TPSA) is 41.0 Å². The van der Waals surface area contributed by atoms with Gasteiger partial charge in [0.25, 0.3) is 0 Å². The van der Waals surface area contributed by atoms with Crippen LogP contribution in [-0.4, -0.2) is 12.8 Å². The van der Waals surface area contributed by atoms with E-state index >= 15 is 0 Å². The molecule has 0 amide bonds. The number of nitrogens with zero attached hydrogens (tertiary/aromatic N) is 1. The van der Waals surface area contributed by atoms with Crippen molar-refractivity contribution in [1.29, 1.82) is 0 Å². The third-order valence-electron chi connectivity index (χ3n) is 0.926. The molecule has 3 N–H and O–H groups in total. The van der Waals surface area contributed by atoms with Crippen LogP contribution in [0.3, 0.4) is 0 Å². The van der Waals surface area contributed by atoms with Gasteiger partial charge in [0.1, 0.15) is 0 Å². The first-order valence-electron chi connectivity index (χ1n) is 2.57. The Morgan fingerprint density at radius 1 is 1.71 bits per heavy atom. The van der Waals surface area contributed by atoms with Crippen molar-refractivity contribution in [1.82, 2.24) is 5.43 Å². The molecule has 1 aliphatic heterocycles. The van der Waals surface area contributed by atoms with Crippen LogP contribution in [0.15, 0.2) is 5.10 Å². The normalized spacial score (nSPS) is 21.7. The van der Waals surface area contributed by atoms with Gasteiger partial charge >= 0.3 is 0 Å². The monoisotopic (exact) mass is 100 g/mol. The fourth-order valence-corrected chi connectivity index (χ4v) is 0.540. The second-order valence-corrected chi connectivity index (χ2v) is 1.56. The Morgan fingerprint density at radius 2 is 2.71 bits per heavy atom. The van der Waals surface area contributed by atoms with Crippen LogP contribution in [-0.2, 0) is 0 Å². The van der Waals surface area contributed by atoms with Gasteiger partial charge < -0.3 is 0 Å². The molecule has 0 unspecified atom stereocenters. The van der Waals surface area contributed by atoms with E-state index in [9.17, 15) is 0 Å². The van der Waals surface area contributed by atoms with Gasteiger partial charge in [-0.25, -0.2) is 0 Å². The Kier molecular flexibility index (Phi) is 1.84. The lowest BCUT2D eigenvalue weighted by atomic mass is 10.3. The molecule has 1 heterocycles. The Balaban J connectivity index is 2.20. The van der Waals surface area contributed by atoms with Gasteiger partial charge in [0.15, 0.2) is 0 Å². The average molecular weight is 100 g/mol. The molecule has 0 fully saturated rings. The number of quaternary nitrogens is 1. The zero-order valence-electron chi connectivity index (χ0n) is 4.22. The summed E-state index contributed by atoms with van der Waals surface area (Å²) in [6.45, 7) is 1.07. The SMILES string of the molecule is C1=N[NH2+]NCCC1. The van der Waals surface area contributed by atoms with Gasteiger partial charge in [-0.1, -0.05) is 5.10 Å². The highest BCUT2D eigenvalue weighted by molar-refractivity contribution is 5.55. The molecule has 0 radical (unpaired) electrons. The summed E-state index contributed by atoms with van der Waals surface area (Å²) in [5.74, 6) is 0. The number of hydrogen-bond donors (Lipinski definition) is 2. The van der Waals surface area contributed by atoms with E-state index in [1.807, 2.05) is 6.21 Å². The standard InChI is InChI=1S/C4H9N3/c1-2-4-6-7-5-3-1/h3,6-7H,1-2,4H2/p+1. The van der Waals surface area contributed by atoms with Gasteiger partial charge in [-0.3, -0.25) is 0 Å². The summed E-state index contributed by atoms with van der Waals surface area (Å²) in [5, 5.41) is 3.91. The first-order chi connectivity index (χ1) is 3.50. The molecule has 0 aliphatic carbocycles. The predicted molar refractivity (Wildman–Crippen MR) is 27.7 cm³/mol. The molecule has 7 heavy (non-hydrogen) atoms. The largest absolute Gasteiger partial charge is 0.146 e. The molecular weight excluding hydrogens is 90.1 g/mol. The summed E-state index contributed by atoms with van der Waals surface area (Å²) in [6.07, 6.45) is 4.25. The smallest absolute Gasteiger partial charge is 0.0621 e. The van der Waals surface area contributed by atoms with E-state index in [0.29, 0.717) is 0 Å². The van der Waals surface area contributed by atoms with E-state index in [0.717, 1.165) is 13.0 Å². The van der Waals surface area contributed by atoms with Gasteiger partial charge in [-0.05, 0) is 12.8 Å². The lowest BCUT2D eigenvalue weighted by molar-refractivity contribution is -0.716. The second-order valence-electron chi connectivity index (χ2n) is 1.56. The Labute approximate surface area is 42.8 Å². The third-order valence-corrected chi connectivity index (χ3v) is 0.926. The molecular formula is C4H10N3+. The fraction of sp³-hybridized carbons (Fsp3) is 0.750. The number of rotatable bonds is 0. The molecule has 0 atom stereocenters. The maximum Gasteiger partial charge on any atom is 0.0621 e. The molecule has 0 aromatic heterocycles. The van der Waals surface area contributed by atoms with Crippen molar-refractivity contribution >= 4 is 6.21 Å². The van der Waals surface area contributed by atoms with E-state index in [2.05, 4.69) is 10.5 Å². The van der Waals surface area contributed by atoms with Gasteiger partial charge in [-0.2, -0.15) is 0 Å². The highest BCUT2D eigenvalue weighted by Gasteiger charge is 1.90. The maximum absolute atomic E-state index is 3.91. The molecule has 0 spiro atoms. The summed E-state index contributed by atoms with van der Waals surface area (Å²) in [6, 6.07) is 0. The van der Waals surface area contributed by atoms with E-state index in [1.165, 1.54) is 6.42 Å². The molecule has 3 nitrogen and oxygen atoms in total. The van der Waals surface area contributed by atoms with Crippen LogP contribution < -0.4 is 11.0 Å². The Morgan fingerprint density at radius 3 is 3.71 bits per heavy atom. The molecule has 40 valence electrons. The number of hydrogen-bond acceptors (Lipinski definition) is 2. The zero-order chi connectivity index (χ0) is 4.95. The highest BCUT2D eigenvalue weighted by Crippen LogP contribution is 1.79. The van der Waals surface area contributed by atoms with Crippen LogP contribution in [0.2, 0.25) is 0 Å². The molecule has 0 saturated heterocycles. The Bertz CT molecular complexity index is 61.3. The van der Waals surface area contributed by atoms with E-state index < -0.39 is 0 Å². The van der Waals surface area contributed by atoms with Gasteiger partial charge in [0.05, 0.1) is 6.21 Å². The van der Waals surface area contributed by atoms with Gasteiger partial charge in [0, 0.05) is 6.54 Å². The van der Waals surface area contributed by atoms with Crippen LogP contribution in [0, 0.1) is 0 Å². The zero-order valence-corrected chi connectivity index (χ0v) is 4.22. The highest BCUT2D eigenvalue weighted by atomic mass is 15.5. The van der Waals surface area contributed by atoms with Crippen molar-refractivity contribution in [2.24, 2.45) is 5.10 Å². The third kappa shape index (κ3) is 1.66. The molecule has 1 rings (SSSR count). The molecule has 1 aliphatic rings. The second kappa shape index (κ2) is 2.71. The molecule has 0 aromatic rings. The maximum atomic E-state index is 3.91. The van der Waals surface area contributed by atoms with E-state index in [1.54, 1.807) is 5.53 Å². The van der Waals surface area contributed by atoms with Crippen LogP contribution >= 0.6 is 0 Å². The number of nitrogens with two attached hydrogens (primary N) is 1. The van der Waals surface area contributed by atoms with Crippen molar-refractivity contribution < 1.29 is 5.53 Å². The molecule has 0 aromatic carbocycles. The van der Waals surface area contributed by atoms with Crippen LogP contribution in [0.4, 0.5) is 0 Å². The van der Waals surface area contributed by atoms with Crippen molar-refractivity contribution in [3.8, 4) is 0 Å². The van der Waals surface area contributed by atoms with Gasteiger partial charge in [0.2, 0.25) is 0 Å². The summed E-state index contributed by atoms with van der Waals surface area (Å²) in [5.41, 5.74) is 4.77. The van der Waals surface area contributed by atoms with Crippen molar-refractivity contribution in [2.75, 3.05) is 6.54 Å². The van der Waals surface area contributed by atoms with Crippen LogP contribution in [0.5, 0.6) is 0 Å². The first kappa shape index (κ1) is 4.74. The molecule has 0 saturated carbocycles.